The monoisotopic (exact) mass is 478 g/mol. The predicted molar refractivity (Wildman–Crippen MR) is 143 cm³/mol. The van der Waals surface area contributed by atoms with Crippen molar-refractivity contribution in [1.82, 2.24) is 0 Å². The summed E-state index contributed by atoms with van der Waals surface area (Å²) < 4.78 is 11.6. The van der Waals surface area contributed by atoms with E-state index in [1.165, 1.54) is 0 Å². The zero-order valence-corrected chi connectivity index (χ0v) is 24.8. The van der Waals surface area contributed by atoms with Crippen LogP contribution < -0.4 is 9.47 Å². The molecule has 0 fully saturated rings. The van der Waals surface area contributed by atoms with Gasteiger partial charge in [0.25, 0.3) is 0 Å². The highest BCUT2D eigenvalue weighted by atomic mass is 29.9. The Kier molecular flexibility index (Phi) is 8.93. The lowest BCUT2D eigenvalue weighted by Crippen LogP contribution is -2.86. The predicted octanol–water partition coefficient (Wildman–Crippen LogP) is 6.63. The average molecular weight is 479 g/mol. The number of ether oxygens (including phenoxy) is 2. The van der Waals surface area contributed by atoms with Crippen LogP contribution in [0.4, 0.5) is 0 Å². The lowest BCUT2D eigenvalue weighted by atomic mass is 10.2. The summed E-state index contributed by atoms with van der Waals surface area (Å²) in [6.45, 7) is 24.0. The molecule has 0 radical (unpaired) electrons. The van der Waals surface area contributed by atoms with E-state index in [4.69, 9.17) is 9.47 Å². The van der Waals surface area contributed by atoms with Gasteiger partial charge in [0.05, 0.1) is 19.3 Å². The maximum atomic E-state index is 14.6. The zero-order valence-electron chi connectivity index (χ0n) is 20.8. The number of allylic oxidation sites excluding steroid dienone is 2. The van der Waals surface area contributed by atoms with Gasteiger partial charge in [-0.25, -0.2) is 0 Å². The van der Waals surface area contributed by atoms with E-state index in [1.807, 2.05) is 30.4 Å². The molecule has 0 spiro atoms. The minimum absolute atomic E-state index is 0.444. The summed E-state index contributed by atoms with van der Waals surface area (Å²) >= 11 is 0. The smallest absolute Gasteiger partial charge is 0.136 e. The molecule has 0 N–H and O–H groups in total. The molecule has 0 amide bonds. The molecule has 30 heavy (non-hydrogen) atoms. The van der Waals surface area contributed by atoms with Crippen LogP contribution in [0.15, 0.2) is 43.0 Å². The van der Waals surface area contributed by atoms with Crippen LogP contribution >= 0.6 is 0 Å². The molecule has 1 rings (SSSR count). The Morgan fingerprint density at radius 1 is 0.967 bits per heavy atom. The third-order valence-electron chi connectivity index (χ3n) is 5.96. The Hall–Kier alpha value is -1.16. The maximum Gasteiger partial charge on any atom is 0.136 e. The average Bonchev–Trinajstić information content (AvgIpc) is 2.57. The molecular weight excluding hydrogens is 437 g/mol. The molecule has 0 saturated heterocycles. The lowest BCUT2D eigenvalue weighted by molar-refractivity contribution is 0.107. The molecule has 0 saturated carbocycles. The normalized spacial score (nSPS) is 13.4. The highest BCUT2D eigenvalue weighted by Gasteiger charge is 2.66. The third-order valence-corrected chi connectivity index (χ3v) is 76.5. The van der Waals surface area contributed by atoms with Crippen LogP contribution in [0.5, 0.6) is 11.5 Å². The Labute approximate surface area is 188 Å². The Morgan fingerprint density at radius 3 is 1.93 bits per heavy atom. The number of hydrogen-bond donors (Lipinski definition) is 0. The van der Waals surface area contributed by atoms with Gasteiger partial charge in [0.1, 0.15) is 23.5 Å². The molecule has 7 heteroatoms. The first-order chi connectivity index (χ1) is 13.6. The van der Waals surface area contributed by atoms with Crippen molar-refractivity contribution in [2.24, 2.45) is 0 Å². The fraction of sp³-hybridized carbons (Fsp3) is 0.522. The van der Waals surface area contributed by atoms with Crippen LogP contribution in [-0.4, -0.2) is 48.5 Å². The Bertz CT molecular complexity index is 745. The van der Waals surface area contributed by atoms with Gasteiger partial charge in [-0.1, -0.05) is 83.7 Å². The first kappa shape index (κ1) is 26.9. The molecule has 0 bridgehead atoms. The second-order valence-corrected chi connectivity index (χ2v) is 51.2. The van der Waals surface area contributed by atoms with Crippen molar-refractivity contribution in [3.63, 3.8) is 0 Å². The van der Waals surface area contributed by atoms with Gasteiger partial charge >= 0.3 is 0 Å². The highest BCUT2D eigenvalue weighted by Crippen LogP contribution is 2.41. The first-order valence-corrected chi connectivity index (χ1v) is 26.3. The number of hydrogen-bond acceptors (Lipinski definition) is 3. The number of rotatable bonds is 11. The van der Waals surface area contributed by atoms with Gasteiger partial charge in [-0.05, 0) is 18.6 Å². The van der Waals surface area contributed by atoms with E-state index in [0.29, 0.717) is 17.8 Å². The standard InChI is InChI=1S/C23H42O3Si4/c1-12-13-14-15-18-26-22-19-20(25-2)16-17-21(22)23(24)30(27(3,4)5,28(6,7)8)29(9,10)11/h12-14,16-17,19H,1,15,18H2,2-11H3/b14-13+. The molecule has 0 aliphatic rings. The Balaban J connectivity index is 3.64. The number of benzene rings is 1. The molecule has 0 aliphatic carbocycles. The molecule has 3 nitrogen and oxygen atoms in total. The maximum absolute atomic E-state index is 14.6. The van der Waals surface area contributed by atoms with Crippen LogP contribution in [-0.2, 0) is 0 Å². The summed E-state index contributed by atoms with van der Waals surface area (Å²) in [7, 11) is -3.58. The van der Waals surface area contributed by atoms with Crippen molar-refractivity contribution in [2.45, 2.75) is 65.3 Å². The Morgan fingerprint density at radius 2 is 1.50 bits per heavy atom. The van der Waals surface area contributed by atoms with Crippen molar-refractivity contribution in [3.05, 3.63) is 48.6 Å². The van der Waals surface area contributed by atoms with E-state index < -0.39 is 29.4 Å². The van der Waals surface area contributed by atoms with Crippen molar-refractivity contribution in [3.8, 4) is 11.5 Å². The largest absolute Gasteiger partial charge is 0.497 e. The molecule has 0 atom stereocenters. The van der Waals surface area contributed by atoms with E-state index in [1.54, 1.807) is 13.2 Å². The number of methoxy groups -OCH3 is 1. The molecule has 1 aromatic carbocycles. The van der Waals surface area contributed by atoms with Crippen molar-refractivity contribution in [2.75, 3.05) is 13.7 Å². The fourth-order valence-corrected chi connectivity index (χ4v) is 104. The van der Waals surface area contributed by atoms with E-state index >= 15 is 0 Å². The molecule has 0 unspecified atom stereocenters. The van der Waals surface area contributed by atoms with Crippen molar-refractivity contribution in [1.29, 1.82) is 0 Å². The molecule has 0 aliphatic heterocycles. The fourth-order valence-electron chi connectivity index (χ4n) is 5.96. The quantitative estimate of drug-likeness (QED) is 0.203. The van der Waals surface area contributed by atoms with Crippen LogP contribution in [0.1, 0.15) is 16.8 Å². The van der Waals surface area contributed by atoms with Crippen LogP contribution in [0.25, 0.3) is 0 Å². The topological polar surface area (TPSA) is 35.5 Å². The van der Waals surface area contributed by atoms with Crippen molar-refractivity contribution < 1.29 is 14.3 Å². The molecule has 0 heterocycles. The SMILES string of the molecule is C=C/C=C/CCOc1cc(OC)ccc1C(=O)[Si]([Si](C)(C)C)([Si](C)(C)C)[Si](C)(C)C. The second-order valence-electron chi connectivity index (χ2n) is 11.0. The van der Waals surface area contributed by atoms with Gasteiger partial charge in [0, 0.05) is 28.8 Å². The highest BCUT2D eigenvalue weighted by molar-refractivity contribution is 7.97. The zero-order chi connectivity index (χ0) is 23.4. The van der Waals surface area contributed by atoms with Crippen molar-refractivity contribution >= 4 is 34.8 Å². The minimum atomic E-state index is -2.23. The van der Waals surface area contributed by atoms with E-state index in [0.717, 1.165) is 17.7 Å². The molecular formula is C23H42O3Si4. The first-order valence-electron chi connectivity index (χ1n) is 10.8. The van der Waals surface area contributed by atoms with Crippen LogP contribution in [0.3, 0.4) is 0 Å². The summed E-state index contributed by atoms with van der Waals surface area (Å²) in [5.74, 6) is 1.41. The van der Waals surface area contributed by atoms with E-state index in [-0.39, 0.29) is 0 Å². The van der Waals surface area contributed by atoms with E-state index in [9.17, 15) is 4.79 Å². The summed E-state index contributed by atoms with van der Waals surface area (Å²) in [5.41, 5.74) is 0.780. The summed E-state index contributed by atoms with van der Waals surface area (Å²) in [4.78, 5) is 14.6. The van der Waals surface area contributed by atoms with Gasteiger partial charge < -0.3 is 14.3 Å². The van der Waals surface area contributed by atoms with Gasteiger partial charge in [-0.15, -0.1) is 0 Å². The van der Waals surface area contributed by atoms with Gasteiger partial charge in [0.2, 0.25) is 0 Å². The van der Waals surface area contributed by atoms with Gasteiger partial charge in [-0.3, -0.25) is 0 Å². The molecule has 0 aromatic heterocycles. The van der Waals surface area contributed by atoms with E-state index in [2.05, 4.69) is 65.5 Å². The number of carbonyl (C=O) groups excluding carboxylic acids is 1. The number of carbonyl (C=O) groups is 1. The molecule has 1 aromatic rings. The summed E-state index contributed by atoms with van der Waals surface area (Å²) in [5, 5.41) is 0.444. The summed E-state index contributed by atoms with van der Waals surface area (Å²) in [6.07, 6.45) is 6.48. The molecule has 168 valence electrons. The lowest BCUT2D eigenvalue weighted by Gasteiger charge is -2.55. The van der Waals surface area contributed by atoms with Crippen LogP contribution in [0.2, 0.25) is 58.9 Å². The second kappa shape index (κ2) is 9.97. The van der Waals surface area contributed by atoms with Gasteiger partial charge in [-0.2, -0.15) is 0 Å². The minimum Gasteiger partial charge on any atom is -0.497 e. The summed E-state index contributed by atoms with van der Waals surface area (Å²) in [6, 6.07) is 5.76. The van der Waals surface area contributed by atoms with Crippen LogP contribution in [0, 0.1) is 0 Å². The third kappa shape index (κ3) is 5.36. The van der Waals surface area contributed by atoms with Gasteiger partial charge in [0.15, 0.2) is 0 Å².